The summed E-state index contributed by atoms with van der Waals surface area (Å²) in [5.41, 5.74) is 1.93. The van der Waals surface area contributed by atoms with E-state index in [-0.39, 0.29) is 23.4 Å². The van der Waals surface area contributed by atoms with Gasteiger partial charge in [0.2, 0.25) is 5.91 Å². The summed E-state index contributed by atoms with van der Waals surface area (Å²) in [6.07, 6.45) is -0.0651. The van der Waals surface area contributed by atoms with Crippen LogP contribution in [0.25, 0.3) is 0 Å². The number of hydrogen-bond donors (Lipinski definition) is 1. The number of aryl methyl sites for hydroxylation is 1. The van der Waals surface area contributed by atoms with Gasteiger partial charge in [0.25, 0.3) is 6.43 Å². The molecule has 1 aliphatic rings. The zero-order valence-electron chi connectivity index (χ0n) is 13.2. The van der Waals surface area contributed by atoms with Crippen LogP contribution in [0.5, 0.6) is 0 Å². The first-order valence-corrected chi connectivity index (χ1v) is 8.30. The Morgan fingerprint density at radius 1 is 1.38 bits per heavy atom. The molecule has 0 radical (unpaired) electrons. The predicted octanol–water partition coefficient (Wildman–Crippen LogP) is 4.55. The van der Waals surface area contributed by atoms with Crippen LogP contribution in [0.1, 0.15) is 49.1 Å². The van der Waals surface area contributed by atoms with E-state index in [1.54, 1.807) is 0 Å². The normalized spacial score (nSPS) is 14.2. The first kappa shape index (κ1) is 16.9. The van der Waals surface area contributed by atoms with Crippen LogP contribution in [-0.4, -0.2) is 15.7 Å². The van der Waals surface area contributed by atoms with Crippen LogP contribution in [-0.2, 0) is 17.8 Å². The quantitative estimate of drug-likeness (QED) is 0.828. The average Bonchev–Trinajstić information content (AvgIpc) is 3.32. The highest BCUT2D eigenvalue weighted by Crippen LogP contribution is 2.45. The van der Waals surface area contributed by atoms with Crippen LogP contribution >= 0.6 is 11.6 Å². The van der Waals surface area contributed by atoms with Crippen LogP contribution in [0.2, 0.25) is 5.02 Å². The zero-order valence-corrected chi connectivity index (χ0v) is 14.0. The first-order chi connectivity index (χ1) is 11.5. The topological polar surface area (TPSA) is 46.9 Å². The smallest absolute Gasteiger partial charge is 0.283 e. The van der Waals surface area contributed by atoms with Crippen molar-refractivity contribution < 1.29 is 13.6 Å². The molecule has 24 heavy (non-hydrogen) atoms. The molecule has 1 heterocycles. The summed E-state index contributed by atoms with van der Waals surface area (Å²) < 4.78 is 27.3. The van der Waals surface area contributed by atoms with Gasteiger partial charge in [0.1, 0.15) is 12.2 Å². The Morgan fingerprint density at radius 3 is 2.58 bits per heavy atom. The largest absolute Gasteiger partial charge is 0.324 e. The standard InChI is InChI=1S/C17H18ClF2N3O/c1-2-10-3-7-12(8-4-10)21-13(24)9-23-16(11-5-6-11)14(18)15(22-23)17(19)20/h3-4,7-8,11,17H,2,5-6,9H2,1H3,(H,21,24). The highest BCUT2D eigenvalue weighted by Gasteiger charge is 2.34. The van der Waals surface area contributed by atoms with E-state index in [9.17, 15) is 13.6 Å². The molecule has 4 nitrogen and oxygen atoms in total. The van der Waals surface area contributed by atoms with Crippen LogP contribution in [0.15, 0.2) is 24.3 Å². The Kier molecular flexibility index (Phi) is 4.85. The Hall–Kier alpha value is -1.95. The van der Waals surface area contributed by atoms with Gasteiger partial charge in [0.15, 0.2) is 0 Å². The second kappa shape index (κ2) is 6.89. The molecule has 1 N–H and O–H groups in total. The number of benzene rings is 1. The number of nitrogens with zero attached hydrogens (tertiary/aromatic N) is 2. The van der Waals surface area contributed by atoms with Crippen molar-refractivity contribution in [3.63, 3.8) is 0 Å². The monoisotopic (exact) mass is 353 g/mol. The van der Waals surface area contributed by atoms with Crippen LogP contribution in [0, 0.1) is 0 Å². The fourth-order valence-electron chi connectivity index (χ4n) is 2.64. The number of aromatic nitrogens is 2. The average molecular weight is 354 g/mol. The third-order valence-electron chi connectivity index (χ3n) is 4.07. The van der Waals surface area contributed by atoms with E-state index in [4.69, 9.17) is 11.6 Å². The fraction of sp³-hybridized carbons (Fsp3) is 0.412. The lowest BCUT2D eigenvalue weighted by Gasteiger charge is -2.09. The van der Waals surface area contributed by atoms with Crippen molar-refractivity contribution in [3.05, 3.63) is 46.2 Å². The Balaban J connectivity index is 1.75. The minimum absolute atomic E-state index is 0.00685. The molecule has 0 unspecified atom stereocenters. The van der Waals surface area contributed by atoms with E-state index in [2.05, 4.69) is 17.3 Å². The number of alkyl halides is 2. The van der Waals surface area contributed by atoms with Crippen molar-refractivity contribution in [2.75, 3.05) is 5.32 Å². The summed E-state index contributed by atoms with van der Waals surface area (Å²) in [6, 6.07) is 7.51. The van der Waals surface area contributed by atoms with Gasteiger partial charge in [-0.15, -0.1) is 0 Å². The molecule has 7 heteroatoms. The van der Waals surface area contributed by atoms with Crippen molar-refractivity contribution in [2.24, 2.45) is 0 Å². The van der Waals surface area contributed by atoms with Crippen molar-refractivity contribution in [3.8, 4) is 0 Å². The molecule has 0 atom stereocenters. The third-order valence-corrected chi connectivity index (χ3v) is 4.45. The van der Waals surface area contributed by atoms with E-state index >= 15 is 0 Å². The highest BCUT2D eigenvalue weighted by atomic mass is 35.5. The van der Waals surface area contributed by atoms with Gasteiger partial charge in [-0.05, 0) is 37.0 Å². The number of halogens is 3. The van der Waals surface area contributed by atoms with Crippen molar-refractivity contribution >= 4 is 23.2 Å². The van der Waals surface area contributed by atoms with Gasteiger partial charge in [0.05, 0.1) is 10.7 Å². The maximum atomic E-state index is 13.0. The Bertz CT molecular complexity index is 739. The number of carbonyl (C=O) groups is 1. The third kappa shape index (κ3) is 3.59. The van der Waals surface area contributed by atoms with Crippen LogP contribution < -0.4 is 5.32 Å². The molecule has 0 spiro atoms. The highest BCUT2D eigenvalue weighted by molar-refractivity contribution is 6.32. The minimum Gasteiger partial charge on any atom is -0.324 e. The van der Waals surface area contributed by atoms with Crippen LogP contribution in [0.4, 0.5) is 14.5 Å². The van der Waals surface area contributed by atoms with E-state index in [1.165, 1.54) is 10.2 Å². The van der Waals surface area contributed by atoms with E-state index < -0.39 is 12.1 Å². The summed E-state index contributed by atoms with van der Waals surface area (Å²) in [6.45, 7) is 1.92. The molecule has 2 aromatic rings. The van der Waals surface area contributed by atoms with Gasteiger partial charge in [-0.25, -0.2) is 8.78 Å². The zero-order chi connectivity index (χ0) is 17.3. The van der Waals surface area contributed by atoms with E-state index in [0.717, 1.165) is 19.3 Å². The van der Waals surface area contributed by atoms with Gasteiger partial charge in [-0.2, -0.15) is 5.10 Å². The predicted molar refractivity (Wildman–Crippen MR) is 88.6 cm³/mol. The number of anilines is 1. The Morgan fingerprint density at radius 2 is 2.04 bits per heavy atom. The van der Waals surface area contributed by atoms with Gasteiger partial charge >= 0.3 is 0 Å². The summed E-state index contributed by atoms with van der Waals surface area (Å²) in [5, 5.41) is 6.60. The molecular formula is C17H18ClF2N3O. The first-order valence-electron chi connectivity index (χ1n) is 7.92. The van der Waals surface area contributed by atoms with Gasteiger partial charge < -0.3 is 5.32 Å². The summed E-state index contributed by atoms with van der Waals surface area (Å²) in [5.74, 6) is -0.199. The lowest BCUT2D eigenvalue weighted by Crippen LogP contribution is -2.21. The van der Waals surface area contributed by atoms with E-state index in [1.807, 2.05) is 24.3 Å². The van der Waals surface area contributed by atoms with Gasteiger partial charge in [-0.1, -0.05) is 30.7 Å². The van der Waals surface area contributed by atoms with Crippen molar-refractivity contribution in [1.82, 2.24) is 9.78 Å². The lowest BCUT2D eigenvalue weighted by atomic mass is 10.1. The molecular weight excluding hydrogens is 336 g/mol. The minimum atomic E-state index is -2.75. The van der Waals surface area contributed by atoms with Gasteiger partial charge in [-0.3, -0.25) is 9.48 Å². The molecule has 1 aromatic carbocycles. The van der Waals surface area contributed by atoms with Crippen molar-refractivity contribution in [2.45, 2.75) is 45.1 Å². The molecule has 128 valence electrons. The maximum absolute atomic E-state index is 13.0. The summed E-state index contributed by atoms with van der Waals surface area (Å²) in [4.78, 5) is 12.2. The van der Waals surface area contributed by atoms with E-state index in [0.29, 0.717) is 11.4 Å². The number of hydrogen-bond acceptors (Lipinski definition) is 2. The molecule has 1 aromatic heterocycles. The van der Waals surface area contributed by atoms with Crippen LogP contribution in [0.3, 0.4) is 0 Å². The molecule has 0 aliphatic heterocycles. The molecule has 0 bridgehead atoms. The fourth-order valence-corrected chi connectivity index (χ4v) is 3.01. The maximum Gasteiger partial charge on any atom is 0.283 e. The summed E-state index contributed by atoms with van der Waals surface area (Å²) >= 11 is 6.04. The second-order valence-electron chi connectivity index (χ2n) is 5.92. The molecule has 1 amide bonds. The SMILES string of the molecule is CCc1ccc(NC(=O)Cn2nc(C(F)F)c(Cl)c2C2CC2)cc1. The molecule has 1 aliphatic carbocycles. The molecule has 1 saturated carbocycles. The number of rotatable bonds is 6. The molecule has 1 fully saturated rings. The number of nitrogens with one attached hydrogen (secondary N) is 1. The van der Waals surface area contributed by atoms with Gasteiger partial charge in [0, 0.05) is 11.6 Å². The Labute approximate surface area is 143 Å². The number of carbonyl (C=O) groups excluding carboxylic acids is 1. The lowest BCUT2D eigenvalue weighted by molar-refractivity contribution is -0.117. The van der Waals surface area contributed by atoms with Crippen molar-refractivity contribution in [1.29, 1.82) is 0 Å². The summed E-state index contributed by atoms with van der Waals surface area (Å²) in [7, 11) is 0. The number of amides is 1. The molecule has 0 saturated heterocycles. The second-order valence-corrected chi connectivity index (χ2v) is 6.29. The molecule has 3 rings (SSSR count).